The number of rotatable bonds is 2. The number of cyclic esters (lactones) is 1. The Morgan fingerprint density at radius 1 is 1.18 bits per heavy atom. The molecular formula is C26H39NO6S. The highest BCUT2D eigenvalue weighted by Gasteiger charge is 2.42. The van der Waals surface area contributed by atoms with Crippen LogP contribution in [0.15, 0.2) is 11.0 Å². The zero-order valence-corrected chi connectivity index (χ0v) is 22.0. The number of carbonyl (C=O) groups is 3. The average molecular weight is 494 g/mol. The Balaban J connectivity index is 2.29. The second-order valence-electron chi connectivity index (χ2n) is 10.2. The Kier molecular flexibility index (Phi) is 10.2. The molecule has 2 N–H and O–H groups in total. The van der Waals surface area contributed by atoms with E-state index in [1.54, 1.807) is 27.7 Å². The lowest BCUT2D eigenvalue weighted by Crippen LogP contribution is -2.45. The third kappa shape index (κ3) is 7.55. The van der Waals surface area contributed by atoms with Crippen molar-refractivity contribution in [1.82, 2.24) is 4.98 Å². The number of aryl methyl sites for hydroxylation is 1. The van der Waals surface area contributed by atoms with E-state index in [9.17, 15) is 24.6 Å². The highest BCUT2D eigenvalue weighted by atomic mass is 32.1. The molecular weight excluding hydrogens is 454 g/mol. The zero-order chi connectivity index (χ0) is 25.6. The van der Waals surface area contributed by atoms with Gasteiger partial charge in [0.2, 0.25) is 0 Å². The lowest BCUT2D eigenvalue weighted by Gasteiger charge is -2.34. The number of thiazole rings is 1. The van der Waals surface area contributed by atoms with E-state index >= 15 is 0 Å². The summed E-state index contributed by atoms with van der Waals surface area (Å²) in [6, 6.07) is 0. The van der Waals surface area contributed by atoms with Crippen LogP contribution in [-0.2, 0) is 19.1 Å². The van der Waals surface area contributed by atoms with Crippen molar-refractivity contribution < 1.29 is 29.3 Å². The van der Waals surface area contributed by atoms with E-state index in [0.29, 0.717) is 24.8 Å². The minimum absolute atomic E-state index is 0.00951. The fourth-order valence-electron chi connectivity index (χ4n) is 4.36. The van der Waals surface area contributed by atoms with Crippen molar-refractivity contribution in [3.05, 3.63) is 21.7 Å². The quantitative estimate of drug-likeness (QED) is 0.591. The van der Waals surface area contributed by atoms with Gasteiger partial charge in [0.15, 0.2) is 0 Å². The predicted molar refractivity (Wildman–Crippen MR) is 132 cm³/mol. The molecule has 1 aromatic heterocycles. The first kappa shape index (κ1) is 28.3. The summed E-state index contributed by atoms with van der Waals surface area (Å²) >= 11 is 1.51. The molecule has 0 bridgehead atoms. The molecule has 7 nitrogen and oxygen atoms in total. The minimum Gasteiger partial charge on any atom is -0.457 e. The third-order valence-corrected chi connectivity index (χ3v) is 7.70. The number of esters is 1. The van der Waals surface area contributed by atoms with E-state index in [0.717, 1.165) is 17.1 Å². The van der Waals surface area contributed by atoms with Crippen molar-refractivity contribution in [2.45, 2.75) is 98.4 Å². The van der Waals surface area contributed by atoms with E-state index in [2.05, 4.69) is 4.98 Å². The van der Waals surface area contributed by atoms with Crippen molar-refractivity contribution in [2.24, 2.45) is 17.3 Å². The van der Waals surface area contributed by atoms with Gasteiger partial charge in [0.05, 0.1) is 34.7 Å². The summed E-state index contributed by atoms with van der Waals surface area (Å²) in [6.45, 7) is 10.4. The van der Waals surface area contributed by atoms with Crippen LogP contribution in [0.1, 0.15) is 83.8 Å². The maximum Gasteiger partial charge on any atom is 0.309 e. The standard InChI is InChI=1S/C26H39NO6S/c1-15-9-7-8-10-20(28)12-21(16(2)11-19-14-34-18(4)27-19)33-23(30)13-22(29)26(5,6)25(32)17(3)24(15)31/h11,14-15,17,21-22,24,29,31H,7-10,12-13H2,1-6H3/b16-11+/t15-,17+,21-,22-,24-/m0/s1. The van der Waals surface area contributed by atoms with Crippen molar-refractivity contribution in [1.29, 1.82) is 0 Å². The molecule has 2 rings (SSSR count). The van der Waals surface area contributed by atoms with Gasteiger partial charge >= 0.3 is 5.97 Å². The van der Waals surface area contributed by atoms with Gasteiger partial charge < -0.3 is 14.9 Å². The molecule has 0 amide bonds. The van der Waals surface area contributed by atoms with Crippen molar-refractivity contribution in [2.75, 3.05) is 0 Å². The van der Waals surface area contributed by atoms with Crippen LogP contribution in [0.25, 0.3) is 6.08 Å². The van der Waals surface area contributed by atoms with E-state index in [-0.39, 0.29) is 30.3 Å². The van der Waals surface area contributed by atoms with Gasteiger partial charge in [0.25, 0.3) is 0 Å². The van der Waals surface area contributed by atoms with Crippen molar-refractivity contribution in [3.63, 3.8) is 0 Å². The fourth-order valence-corrected chi connectivity index (χ4v) is 4.93. The minimum atomic E-state index is -1.29. The van der Waals surface area contributed by atoms with E-state index in [4.69, 9.17) is 4.74 Å². The van der Waals surface area contributed by atoms with Crippen LogP contribution in [0, 0.1) is 24.2 Å². The molecule has 1 aliphatic heterocycles. The SMILES string of the molecule is C/C(=C\c1csc(C)n1)[C@@H]1CC(=O)CCCC[C@H](C)[C@H](O)[C@@H](C)C(=O)C(C)(C)[C@@H](O)CC(=O)O1. The lowest BCUT2D eigenvalue weighted by atomic mass is 9.73. The molecule has 0 saturated carbocycles. The van der Waals surface area contributed by atoms with E-state index in [1.165, 1.54) is 11.3 Å². The maximum absolute atomic E-state index is 13.1. The number of ketones is 2. The summed E-state index contributed by atoms with van der Waals surface area (Å²) in [7, 11) is 0. The summed E-state index contributed by atoms with van der Waals surface area (Å²) in [5.74, 6) is -1.79. The molecule has 1 saturated heterocycles. The van der Waals surface area contributed by atoms with Gasteiger partial charge in [0.1, 0.15) is 17.7 Å². The number of Topliss-reactive ketones (excluding diaryl/α,β-unsaturated/α-hetero) is 2. The average Bonchev–Trinajstić information content (AvgIpc) is 3.17. The first-order valence-corrected chi connectivity index (χ1v) is 12.9. The Hall–Kier alpha value is -1.90. The van der Waals surface area contributed by atoms with E-state index in [1.807, 2.05) is 25.3 Å². The molecule has 1 aliphatic rings. The Bertz CT molecular complexity index is 905. The first-order valence-electron chi connectivity index (χ1n) is 12.0. The van der Waals surface area contributed by atoms with Crippen LogP contribution >= 0.6 is 11.3 Å². The fraction of sp³-hybridized carbons (Fsp3) is 0.692. The van der Waals surface area contributed by atoms with Crippen LogP contribution in [-0.4, -0.2) is 51.0 Å². The topological polar surface area (TPSA) is 114 Å². The van der Waals surface area contributed by atoms with Gasteiger partial charge in [-0.25, -0.2) is 4.98 Å². The number of carbonyl (C=O) groups excluding carboxylic acids is 3. The molecule has 0 unspecified atom stereocenters. The summed E-state index contributed by atoms with van der Waals surface area (Å²) in [4.78, 5) is 43.0. The third-order valence-electron chi connectivity index (χ3n) is 6.91. The van der Waals surface area contributed by atoms with Gasteiger partial charge in [-0.05, 0) is 44.3 Å². The Labute approximate surface area is 206 Å². The zero-order valence-electron chi connectivity index (χ0n) is 21.2. The molecule has 5 atom stereocenters. The van der Waals surface area contributed by atoms with Gasteiger partial charge in [0, 0.05) is 24.1 Å². The Morgan fingerprint density at radius 3 is 2.47 bits per heavy atom. The van der Waals surface area contributed by atoms with Crippen LogP contribution in [0.2, 0.25) is 0 Å². The molecule has 1 aromatic rings. The summed E-state index contributed by atoms with van der Waals surface area (Å²) in [6.07, 6.45) is 1.01. The van der Waals surface area contributed by atoms with Gasteiger partial charge in [-0.1, -0.05) is 34.1 Å². The lowest BCUT2D eigenvalue weighted by molar-refractivity contribution is -0.154. The summed E-state index contributed by atoms with van der Waals surface area (Å²) in [5, 5.41) is 24.3. The number of aliphatic hydroxyl groups excluding tert-OH is 2. The highest BCUT2D eigenvalue weighted by molar-refractivity contribution is 7.09. The molecule has 190 valence electrons. The maximum atomic E-state index is 13.1. The molecule has 1 fully saturated rings. The molecule has 0 spiro atoms. The van der Waals surface area contributed by atoms with Crippen LogP contribution in [0.5, 0.6) is 0 Å². The smallest absolute Gasteiger partial charge is 0.309 e. The Morgan fingerprint density at radius 2 is 1.85 bits per heavy atom. The summed E-state index contributed by atoms with van der Waals surface area (Å²) in [5.41, 5.74) is 0.192. The second kappa shape index (κ2) is 12.2. The highest BCUT2D eigenvalue weighted by Crippen LogP contribution is 2.32. The van der Waals surface area contributed by atoms with Crippen molar-refractivity contribution >= 4 is 34.9 Å². The van der Waals surface area contributed by atoms with Crippen LogP contribution in [0.4, 0.5) is 0 Å². The second-order valence-corrected chi connectivity index (χ2v) is 11.3. The predicted octanol–water partition coefficient (Wildman–Crippen LogP) is 4.28. The molecule has 0 radical (unpaired) electrons. The molecule has 2 heterocycles. The number of ether oxygens (including phenoxy) is 1. The number of hydrogen-bond donors (Lipinski definition) is 2. The normalized spacial score (nSPS) is 30.8. The molecule has 0 aliphatic carbocycles. The van der Waals surface area contributed by atoms with Crippen LogP contribution in [0.3, 0.4) is 0 Å². The van der Waals surface area contributed by atoms with Gasteiger partial charge in [-0.15, -0.1) is 11.3 Å². The van der Waals surface area contributed by atoms with Gasteiger partial charge in [-0.2, -0.15) is 0 Å². The van der Waals surface area contributed by atoms with Crippen LogP contribution < -0.4 is 0 Å². The largest absolute Gasteiger partial charge is 0.457 e. The number of aromatic nitrogens is 1. The number of hydrogen-bond acceptors (Lipinski definition) is 8. The number of aliphatic hydroxyl groups is 2. The molecule has 34 heavy (non-hydrogen) atoms. The van der Waals surface area contributed by atoms with Crippen molar-refractivity contribution in [3.8, 4) is 0 Å². The van der Waals surface area contributed by atoms with E-state index < -0.39 is 35.6 Å². The molecule has 0 aromatic carbocycles. The number of nitrogens with zero attached hydrogens (tertiary/aromatic N) is 1. The summed E-state index contributed by atoms with van der Waals surface area (Å²) < 4.78 is 5.65. The van der Waals surface area contributed by atoms with Gasteiger partial charge in [-0.3, -0.25) is 14.4 Å². The monoisotopic (exact) mass is 493 g/mol. The first-order chi connectivity index (χ1) is 15.8. The molecule has 8 heteroatoms.